The van der Waals surface area contributed by atoms with Crippen molar-refractivity contribution in [2.45, 2.75) is 45.4 Å². The Labute approximate surface area is 93.2 Å². The standard InChI is InChI=1S/C12H24N2O/c1-9-5-13-6-11(9)14-7-10(2)15-12(3,4)8-14/h9-11,13H,5-8H2,1-4H3. The first-order valence-corrected chi connectivity index (χ1v) is 6.10. The van der Waals surface area contributed by atoms with Gasteiger partial charge in [0.05, 0.1) is 11.7 Å². The summed E-state index contributed by atoms with van der Waals surface area (Å²) in [7, 11) is 0. The van der Waals surface area contributed by atoms with Gasteiger partial charge in [-0.25, -0.2) is 0 Å². The van der Waals surface area contributed by atoms with Gasteiger partial charge in [0.25, 0.3) is 0 Å². The molecule has 2 heterocycles. The lowest BCUT2D eigenvalue weighted by Crippen LogP contribution is -2.56. The average Bonchev–Trinajstić information content (AvgIpc) is 2.47. The Morgan fingerprint density at radius 3 is 2.53 bits per heavy atom. The van der Waals surface area contributed by atoms with E-state index in [1.165, 1.54) is 0 Å². The molecule has 0 bridgehead atoms. The molecule has 0 aromatic carbocycles. The van der Waals surface area contributed by atoms with E-state index in [4.69, 9.17) is 4.74 Å². The van der Waals surface area contributed by atoms with Gasteiger partial charge in [0.2, 0.25) is 0 Å². The maximum absolute atomic E-state index is 5.94. The van der Waals surface area contributed by atoms with Crippen LogP contribution in [-0.4, -0.2) is 48.8 Å². The molecule has 3 nitrogen and oxygen atoms in total. The fourth-order valence-electron chi connectivity index (χ4n) is 3.04. The third kappa shape index (κ3) is 2.52. The van der Waals surface area contributed by atoms with E-state index in [0.29, 0.717) is 12.1 Å². The fourth-order valence-corrected chi connectivity index (χ4v) is 3.04. The summed E-state index contributed by atoms with van der Waals surface area (Å²) < 4.78 is 5.94. The smallest absolute Gasteiger partial charge is 0.0757 e. The van der Waals surface area contributed by atoms with Crippen LogP contribution in [0.1, 0.15) is 27.7 Å². The Balaban J connectivity index is 2.02. The number of nitrogens with one attached hydrogen (secondary N) is 1. The zero-order chi connectivity index (χ0) is 11.1. The van der Waals surface area contributed by atoms with Crippen molar-refractivity contribution < 1.29 is 4.74 Å². The van der Waals surface area contributed by atoms with Crippen molar-refractivity contribution in [3.05, 3.63) is 0 Å². The second kappa shape index (κ2) is 4.04. The van der Waals surface area contributed by atoms with E-state index < -0.39 is 0 Å². The summed E-state index contributed by atoms with van der Waals surface area (Å²) in [6, 6.07) is 0.704. The molecule has 2 aliphatic rings. The SMILES string of the molecule is CC1CN(C2CNCC2C)CC(C)(C)O1. The van der Waals surface area contributed by atoms with Gasteiger partial charge in [-0.15, -0.1) is 0 Å². The predicted molar refractivity (Wildman–Crippen MR) is 62.0 cm³/mol. The maximum atomic E-state index is 5.94. The lowest BCUT2D eigenvalue weighted by Gasteiger charge is -2.45. The molecule has 2 saturated heterocycles. The summed E-state index contributed by atoms with van der Waals surface area (Å²) in [6.07, 6.45) is 0.363. The van der Waals surface area contributed by atoms with Gasteiger partial charge < -0.3 is 10.1 Å². The molecule has 2 rings (SSSR count). The summed E-state index contributed by atoms with van der Waals surface area (Å²) >= 11 is 0. The highest BCUT2D eigenvalue weighted by Gasteiger charge is 2.37. The molecule has 15 heavy (non-hydrogen) atoms. The summed E-state index contributed by atoms with van der Waals surface area (Å²) in [4.78, 5) is 2.61. The van der Waals surface area contributed by atoms with Gasteiger partial charge in [-0.05, 0) is 33.2 Å². The minimum atomic E-state index is 0.0139. The van der Waals surface area contributed by atoms with Crippen molar-refractivity contribution in [3.63, 3.8) is 0 Å². The van der Waals surface area contributed by atoms with Gasteiger partial charge in [0.1, 0.15) is 0 Å². The van der Waals surface area contributed by atoms with Crippen molar-refractivity contribution >= 4 is 0 Å². The first-order chi connectivity index (χ1) is 6.98. The molecule has 2 fully saturated rings. The summed E-state index contributed by atoms with van der Waals surface area (Å²) in [5.41, 5.74) is 0.0139. The lowest BCUT2D eigenvalue weighted by molar-refractivity contribution is -0.138. The van der Waals surface area contributed by atoms with Crippen LogP contribution < -0.4 is 5.32 Å². The molecule has 0 aromatic rings. The molecule has 2 aliphatic heterocycles. The molecule has 3 heteroatoms. The monoisotopic (exact) mass is 212 g/mol. The quantitative estimate of drug-likeness (QED) is 0.704. The zero-order valence-corrected chi connectivity index (χ0v) is 10.4. The molecule has 0 saturated carbocycles. The number of hydrogen-bond acceptors (Lipinski definition) is 3. The topological polar surface area (TPSA) is 24.5 Å². The zero-order valence-electron chi connectivity index (χ0n) is 10.4. The average molecular weight is 212 g/mol. The van der Waals surface area contributed by atoms with Gasteiger partial charge in [0.15, 0.2) is 0 Å². The van der Waals surface area contributed by atoms with E-state index in [-0.39, 0.29) is 5.60 Å². The lowest BCUT2D eigenvalue weighted by atomic mass is 9.99. The van der Waals surface area contributed by atoms with E-state index in [0.717, 1.165) is 32.1 Å². The highest BCUT2D eigenvalue weighted by molar-refractivity contribution is 4.92. The Hall–Kier alpha value is -0.120. The number of hydrogen-bond donors (Lipinski definition) is 1. The van der Waals surface area contributed by atoms with Gasteiger partial charge in [-0.3, -0.25) is 4.90 Å². The molecular weight excluding hydrogens is 188 g/mol. The fraction of sp³-hybridized carbons (Fsp3) is 1.00. The van der Waals surface area contributed by atoms with Crippen LogP contribution in [0.2, 0.25) is 0 Å². The van der Waals surface area contributed by atoms with Gasteiger partial charge in [-0.1, -0.05) is 6.92 Å². The second-order valence-electron chi connectivity index (χ2n) is 5.82. The number of rotatable bonds is 1. The molecule has 3 unspecified atom stereocenters. The molecule has 0 aliphatic carbocycles. The Morgan fingerprint density at radius 1 is 1.27 bits per heavy atom. The van der Waals surface area contributed by atoms with Crippen LogP contribution in [-0.2, 0) is 4.74 Å². The number of ether oxygens (including phenoxy) is 1. The second-order valence-corrected chi connectivity index (χ2v) is 5.82. The Bertz CT molecular complexity index is 230. The van der Waals surface area contributed by atoms with Crippen molar-refractivity contribution in [1.29, 1.82) is 0 Å². The number of morpholine rings is 1. The van der Waals surface area contributed by atoms with Crippen LogP contribution in [0.15, 0.2) is 0 Å². The summed E-state index contributed by atoms with van der Waals surface area (Å²) in [5.74, 6) is 0.770. The first-order valence-electron chi connectivity index (χ1n) is 6.10. The van der Waals surface area contributed by atoms with E-state index in [9.17, 15) is 0 Å². The molecule has 3 atom stereocenters. The molecular formula is C12H24N2O. The highest BCUT2D eigenvalue weighted by Crippen LogP contribution is 2.25. The minimum Gasteiger partial charge on any atom is -0.370 e. The first kappa shape index (κ1) is 11.4. The van der Waals surface area contributed by atoms with Gasteiger partial charge in [0, 0.05) is 25.7 Å². The van der Waals surface area contributed by atoms with Gasteiger partial charge >= 0.3 is 0 Å². The van der Waals surface area contributed by atoms with Crippen LogP contribution >= 0.6 is 0 Å². The van der Waals surface area contributed by atoms with E-state index in [1.807, 2.05) is 0 Å². The molecule has 0 radical (unpaired) electrons. The van der Waals surface area contributed by atoms with Crippen molar-refractivity contribution in [3.8, 4) is 0 Å². The van der Waals surface area contributed by atoms with Crippen LogP contribution in [0.4, 0.5) is 0 Å². The summed E-state index contributed by atoms with van der Waals surface area (Å²) in [5, 5.41) is 3.48. The highest BCUT2D eigenvalue weighted by atomic mass is 16.5. The van der Waals surface area contributed by atoms with Crippen molar-refractivity contribution in [2.24, 2.45) is 5.92 Å². The Morgan fingerprint density at radius 2 is 2.00 bits per heavy atom. The minimum absolute atomic E-state index is 0.0139. The number of nitrogens with zero attached hydrogens (tertiary/aromatic N) is 1. The van der Waals surface area contributed by atoms with Crippen LogP contribution in [0.3, 0.4) is 0 Å². The van der Waals surface area contributed by atoms with E-state index in [1.54, 1.807) is 0 Å². The molecule has 88 valence electrons. The predicted octanol–water partition coefficient (Wildman–Crippen LogP) is 1.09. The summed E-state index contributed by atoms with van der Waals surface area (Å²) in [6.45, 7) is 13.4. The maximum Gasteiger partial charge on any atom is 0.0757 e. The molecule has 0 aromatic heterocycles. The van der Waals surface area contributed by atoms with Crippen LogP contribution in [0.5, 0.6) is 0 Å². The van der Waals surface area contributed by atoms with Crippen LogP contribution in [0, 0.1) is 5.92 Å². The third-order valence-electron chi connectivity index (χ3n) is 3.54. The largest absolute Gasteiger partial charge is 0.370 e. The van der Waals surface area contributed by atoms with E-state index in [2.05, 4.69) is 37.9 Å². The van der Waals surface area contributed by atoms with Crippen molar-refractivity contribution in [2.75, 3.05) is 26.2 Å². The van der Waals surface area contributed by atoms with E-state index >= 15 is 0 Å². The molecule has 0 amide bonds. The van der Waals surface area contributed by atoms with Crippen LogP contribution in [0.25, 0.3) is 0 Å². The third-order valence-corrected chi connectivity index (χ3v) is 3.54. The Kier molecular flexibility index (Phi) is 3.06. The molecule has 0 spiro atoms. The molecule has 1 N–H and O–H groups in total. The van der Waals surface area contributed by atoms with Gasteiger partial charge in [-0.2, -0.15) is 0 Å². The van der Waals surface area contributed by atoms with Crippen molar-refractivity contribution in [1.82, 2.24) is 10.2 Å². The normalized spacial score (nSPS) is 42.0.